The fourth-order valence-corrected chi connectivity index (χ4v) is 2.51. The maximum absolute atomic E-state index is 12.0. The van der Waals surface area contributed by atoms with E-state index in [0.29, 0.717) is 13.2 Å². The lowest BCUT2D eigenvalue weighted by Gasteiger charge is -2.20. The van der Waals surface area contributed by atoms with Crippen LogP contribution < -0.4 is 10.6 Å². The van der Waals surface area contributed by atoms with Gasteiger partial charge < -0.3 is 19.8 Å². The molecular formula is C16H18N2O3. The largest absolute Gasteiger partial charge is 0.467 e. The number of hydrogen-bond acceptors (Lipinski definition) is 3. The molecule has 0 spiro atoms. The van der Waals surface area contributed by atoms with Crippen molar-refractivity contribution in [3.05, 3.63) is 60.1 Å². The second-order valence-corrected chi connectivity index (χ2v) is 5.00. The molecule has 1 aliphatic heterocycles. The Kier molecular flexibility index (Phi) is 4.21. The van der Waals surface area contributed by atoms with Crippen molar-refractivity contribution in [2.75, 3.05) is 6.61 Å². The van der Waals surface area contributed by atoms with Crippen molar-refractivity contribution < 1.29 is 13.9 Å². The minimum Gasteiger partial charge on any atom is -0.467 e. The third-order valence-corrected chi connectivity index (χ3v) is 3.54. The number of carbonyl (C=O) groups is 1. The van der Waals surface area contributed by atoms with Gasteiger partial charge in [-0.2, -0.15) is 0 Å². The molecule has 5 heteroatoms. The Morgan fingerprint density at radius 1 is 1.19 bits per heavy atom. The molecule has 3 rings (SSSR count). The van der Waals surface area contributed by atoms with Crippen LogP contribution in [0.4, 0.5) is 4.79 Å². The molecule has 0 bridgehead atoms. The number of urea groups is 1. The normalized spacial score (nSPS) is 21.1. The first-order valence-corrected chi connectivity index (χ1v) is 7.06. The van der Waals surface area contributed by atoms with Gasteiger partial charge in [0.2, 0.25) is 0 Å². The summed E-state index contributed by atoms with van der Waals surface area (Å²) in [5.74, 6) is 0.729. The zero-order chi connectivity index (χ0) is 14.5. The predicted molar refractivity (Wildman–Crippen MR) is 77.6 cm³/mol. The quantitative estimate of drug-likeness (QED) is 0.908. The fourth-order valence-electron chi connectivity index (χ4n) is 2.51. The summed E-state index contributed by atoms with van der Waals surface area (Å²) in [5.41, 5.74) is 1.09. The number of hydrogen-bond donors (Lipinski definition) is 2. The first kappa shape index (κ1) is 13.7. The highest BCUT2D eigenvalue weighted by atomic mass is 16.5. The zero-order valence-electron chi connectivity index (χ0n) is 11.6. The lowest BCUT2D eigenvalue weighted by atomic mass is 10.0. The van der Waals surface area contributed by atoms with Crippen LogP contribution in [-0.2, 0) is 11.3 Å². The lowest BCUT2D eigenvalue weighted by molar-refractivity contribution is 0.0999. The summed E-state index contributed by atoms with van der Waals surface area (Å²) in [6.45, 7) is 1.03. The van der Waals surface area contributed by atoms with Crippen LogP contribution in [0.3, 0.4) is 0 Å². The molecule has 0 radical (unpaired) electrons. The van der Waals surface area contributed by atoms with Crippen molar-refractivity contribution in [2.24, 2.45) is 0 Å². The summed E-state index contributed by atoms with van der Waals surface area (Å²) in [7, 11) is 0. The molecule has 5 nitrogen and oxygen atoms in total. The molecule has 2 atom stereocenters. The fraction of sp³-hybridized carbons (Fsp3) is 0.312. The van der Waals surface area contributed by atoms with E-state index in [1.807, 2.05) is 36.4 Å². The van der Waals surface area contributed by atoms with E-state index in [0.717, 1.165) is 17.7 Å². The van der Waals surface area contributed by atoms with Gasteiger partial charge >= 0.3 is 6.03 Å². The Morgan fingerprint density at radius 3 is 2.81 bits per heavy atom. The lowest BCUT2D eigenvalue weighted by Crippen LogP contribution is -2.43. The Morgan fingerprint density at radius 2 is 2.05 bits per heavy atom. The van der Waals surface area contributed by atoms with Gasteiger partial charge in [-0.25, -0.2) is 4.79 Å². The highest BCUT2D eigenvalue weighted by molar-refractivity contribution is 5.74. The maximum Gasteiger partial charge on any atom is 0.315 e. The van der Waals surface area contributed by atoms with Gasteiger partial charge in [0, 0.05) is 6.61 Å². The van der Waals surface area contributed by atoms with Gasteiger partial charge in [-0.3, -0.25) is 0 Å². The second kappa shape index (κ2) is 6.45. The molecule has 2 heterocycles. The number of benzene rings is 1. The monoisotopic (exact) mass is 286 g/mol. The van der Waals surface area contributed by atoms with E-state index in [1.165, 1.54) is 0 Å². The average molecular weight is 286 g/mol. The molecular weight excluding hydrogens is 268 g/mol. The molecule has 2 amide bonds. The van der Waals surface area contributed by atoms with E-state index in [9.17, 15) is 4.79 Å². The topological polar surface area (TPSA) is 63.5 Å². The molecule has 1 aromatic heterocycles. The Hall–Kier alpha value is -2.27. The van der Waals surface area contributed by atoms with E-state index in [1.54, 1.807) is 12.3 Å². The van der Waals surface area contributed by atoms with E-state index < -0.39 is 0 Å². The van der Waals surface area contributed by atoms with Gasteiger partial charge in [-0.15, -0.1) is 0 Å². The van der Waals surface area contributed by atoms with Crippen molar-refractivity contribution in [1.29, 1.82) is 0 Å². The standard InChI is InChI=1S/C16H18N2O3/c19-16(17-11-13-7-4-9-20-13)18-14-8-10-21-15(14)12-5-2-1-3-6-12/h1-7,9,14-15H,8,10-11H2,(H2,17,18,19)/t14-,15+/m0/s1. The van der Waals surface area contributed by atoms with Crippen LogP contribution in [-0.4, -0.2) is 18.7 Å². The summed E-state index contributed by atoms with van der Waals surface area (Å²) in [4.78, 5) is 12.0. The molecule has 2 aromatic rings. The van der Waals surface area contributed by atoms with Gasteiger partial charge in [0.25, 0.3) is 0 Å². The minimum absolute atomic E-state index is 0.0102. The van der Waals surface area contributed by atoms with Gasteiger partial charge in [0.15, 0.2) is 0 Å². The first-order valence-electron chi connectivity index (χ1n) is 7.06. The Labute approximate surface area is 123 Å². The molecule has 110 valence electrons. The number of carbonyl (C=O) groups excluding carboxylic acids is 1. The van der Waals surface area contributed by atoms with Crippen molar-refractivity contribution in [3.8, 4) is 0 Å². The van der Waals surface area contributed by atoms with E-state index in [4.69, 9.17) is 9.15 Å². The first-order chi connectivity index (χ1) is 10.3. The van der Waals surface area contributed by atoms with Gasteiger partial charge in [0.05, 0.1) is 18.8 Å². The van der Waals surface area contributed by atoms with Crippen molar-refractivity contribution in [1.82, 2.24) is 10.6 Å². The molecule has 21 heavy (non-hydrogen) atoms. The van der Waals surface area contributed by atoms with Crippen molar-refractivity contribution >= 4 is 6.03 Å². The van der Waals surface area contributed by atoms with Crippen molar-refractivity contribution in [2.45, 2.75) is 25.1 Å². The van der Waals surface area contributed by atoms with Crippen LogP contribution in [0.2, 0.25) is 0 Å². The number of amides is 2. The summed E-state index contributed by atoms with van der Waals surface area (Å²) >= 11 is 0. The molecule has 2 N–H and O–H groups in total. The molecule has 1 aliphatic rings. The summed E-state index contributed by atoms with van der Waals surface area (Å²) in [5, 5.41) is 5.76. The zero-order valence-corrected chi connectivity index (χ0v) is 11.6. The van der Waals surface area contributed by atoms with Gasteiger partial charge in [-0.05, 0) is 24.1 Å². The highest BCUT2D eigenvalue weighted by Gasteiger charge is 2.30. The number of furan rings is 1. The maximum atomic E-state index is 12.0. The van der Waals surface area contributed by atoms with Crippen LogP contribution in [0.25, 0.3) is 0 Å². The van der Waals surface area contributed by atoms with Crippen LogP contribution in [0.15, 0.2) is 53.1 Å². The summed E-state index contributed by atoms with van der Waals surface area (Å²) < 4.78 is 10.9. The predicted octanol–water partition coefficient (Wildman–Crippen LogP) is 2.61. The van der Waals surface area contributed by atoms with E-state index >= 15 is 0 Å². The van der Waals surface area contributed by atoms with Gasteiger partial charge in [0.1, 0.15) is 11.9 Å². The molecule has 1 saturated heterocycles. The summed E-state index contributed by atoms with van der Waals surface area (Å²) in [6, 6.07) is 13.4. The molecule has 0 saturated carbocycles. The molecule has 0 unspecified atom stereocenters. The number of rotatable bonds is 4. The number of nitrogens with one attached hydrogen (secondary N) is 2. The van der Waals surface area contributed by atoms with Gasteiger partial charge in [-0.1, -0.05) is 30.3 Å². The molecule has 1 fully saturated rings. The highest BCUT2D eigenvalue weighted by Crippen LogP contribution is 2.28. The number of ether oxygens (including phenoxy) is 1. The van der Waals surface area contributed by atoms with E-state index in [2.05, 4.69) is 10.6 Å². The van der Waals surface area contributed by atoms with Crippen LogP contribution in [0, 0.1) is 0 Å². The molecule has 0 aliphatic carbocycles. The Balaban J connectivity index is 1.55. The van der Waals surface area contributed by atoms with E-state index in [-0.39, 0.29) is 18.2 Å². The van der Waals surface area contributed by atoms with Crippen LogP contribution in [0.5, 0.6) is 0 Å². The van der Waals surface area contributed by atoms with Crippen molar-refractivity contribution in [3.63, 3.8) is 0 Å². The Bertz CT molecular complexity index is 568. The SMILES string of the molecule is O=C(NCc1ccco1)N[C@H]1CCO[C@@H]1c1ccccc1. The van der Waals surface area contributed by atoms with Crippen LogP contribution >= 0.6 is 0 Å². The average Bonchev–Trinajstić information content (AvgIpc) is 3.17. The summed E-state index contributed by atoms with van der Waals surface area (Å²) in [6.07, 6.45) is 2.32. The third-order valence-electron chi connectivity index (χ3n) is 3.54. The minimum atomic E-state index is -0.206. The molecule has 1 aromatic carbocycles. The van der Waals surface area contributed by atoms with Crippen LogP contribution in [0.1, 0.15) is 23.8 Å². The third kappa shape index (κ3) is 3.44. The smallest absolute Gasteiger partial charge is 0.315 e. The second-order valence-electron chi connectivity index (χ2n) is 5.00.